The molecule has 0 bridgehead atoms. The van der Waals surface area contributed by atoms with Gasteiger partial charge in [-0.05, 0) is 12.0 Å². The monoisotopic (exact) mass is 180 g/mol. The lowest BCUT2D eigenvalue weighted by Crippen LogP contribution is -2.21. The quantitative estimate of drug-likeness (QED) is 0.714. The van der Waals surface area contributed by atoms with Gasteiger partial charge in [0.2, 0.25) is 0 Å². The molecule has 0 amide bonds. The predicted molar refractivity (Wildman–Crippen MR) is 52.9 cm³/mol. The number of rotatable bonds is 1. The van der Waals surface area contributed by atoms with Gasteiger partial charge in [0.1, 0.15) is 0 Å². The van der Waals surface area contributed by atoms with Crippen molar-refractivity contribution in [3.05, 3.63) is 27.7 Å². The normalized spacial score (nSPS) is 11.7. The summed E-state index contributed by atoms with van der Waals surface area (Å²) < 4.78 is 0. The van der Waals surface area contributed by atoms with Gasteiger partial charge >= 0.3 is 0 Å². The summed E-state index contributed by atoms with van der Waals surface area (Å²) in [5.41, 5.74) is 1.89. The number of aromatic amines is 1. The van der Waals surface area contributed by atoms with Crippen LogP contribution >= 0.6 is 0 Å². The Morgan fingerprint density at radius 3 is 2.54 bits per heavy atom. The SMILES string of the molecule is CCc1cc(=O)[nH]nc1C(C)(C)C. The van der Waals surface area contributed by atoms with Gasteiger partial charge in [0.25, 0.3) is 5.56 Å². The molecule has 1 N–H and O–H groups in total. The Morgan fingerprint density at radius 1 is 1.46 bits per heavy atom. The van der Waals surface area contributed by atoms with Crippen molar-refractivity contribution in [3.63, 3.8) is 0 Å². The van der Waals surface area contributed by atoms with E-state index >= 15 is 0 Å². The second kappa shape index (κ2) is 3.32. The zero-order valence-electron chi connectivity index (χ0n) is 8.64. The van der Waals surface area contributed by atoms with Gasteiger partial charge in [-0.1, -0.05) is 27.7 Å². The Bertz CT molecular complexity index is 347. The first-order valence-electron chi connectivity index (χ1n) is 4.54. The zero-order valence-corrected chi connectivity index (χ0v) is 8.64. The van der Waals surface area contributed by atoms with Crippen molar-refractivity contribution in [1.82, 2.24) is 10.2 Å². The molecule has 3 heteroatoms. The molecule has 0 aliphatic rings. The number of hydrogen-bond donors (Lipinski definition) is 1. The number of aromatic nitrogens is 2. The van der Waals surface area contributed by atoms with Crippen LogP contribution in [-0.4, -0.2) is 10.2 Å². The zero-order chi connectivity index (χ0) is 10.1. The van der Waals surface area contributed by atoms with Crippen LogP contribution in [-0.2, 0) is 11.8 Å². The predicted octanol–water partition coefficient (Wildman–Crippen LogP) is 1.63. The molecular weight excluding hydrogens is 164 g/mol. The minimum atomic E-state index is -0.121. The first kappa shape index (κ1) is 9.96. The van der Waals surface area contributed by atoms with Crippen LogP contribution in [0.3, 0.4) is 0 Å². The van der Waals surface area contributed by atoms with Crippen molar-refractivity contribution in [2.24, 2.45) is 0 Å². The molecule has 1 rings (SSSR count). The van der Waals surface area contributed by atoms with E-state index in [4.69, 9.17) is 0 Å². The summed E-state index contributed by atoms with van der Waals surface area (Å²) in [7, 11) is 0. The number of nitrogens with zero attached hydrogens (tertiary/aromatic N) is 1. The number of nitrogens with one attached hydrogen (secondary N) is 1. The second-order valence-corrected chi connectivity index (χ2v) is 4.21. The summed E-state index contributed by atoms with van der Waals surface area (Å²) in [4.78, 5) is 11.0. The average molecular weight is 180 g/mol. The number of aryl methyl sites for hydroxylation is 1. The average Bonchev–Trinajstić information content (AvgIpc) is 2.01. The van der Waals surface area contributed by atoms with Crippen molar-refractivity contribution in [3.8, 4) is 0 Å². The highest BCUT2D eigenvalue weighted by Crippen LogP contribution is 2.22. The Morgan fingerprint density at radius 2 is 2.08 bits per heavy atom. The Hall–Kier alpha value is -1.12. The van der Waals surface area contributed by atoms with Gasteiger partial charge in [-0.3, -0.25) is 4.79 Å². The van der Waals surface area contributed by atoms with Crippen molar-refractivity contribution >= 4 is 0 Å². The van der Waals surface area contributed by atoms with Gasteiger partial charge in [0, 0.05) is 11.5 Å². The highest BCUT2D eigenvalue weighted by atomic mass is 16.1. The molecular formula is C10H16N2O. The molecule has 13 heavy (non-hydrogen) atoms. The van der Waals surface area contributed by atoms with E-state index < -0.39 is 0 Å². The molecule has 0 atom stereocenters. The summed E-state index contributed by atoms with van der Waals surface area (Å²) in [6, 6.07) is 1.63. The van der Waals surface area contributed by atoms with E-state index in [2.05, 4.69) is 31.0 Å². The first-order valence-corrected chi connectivity index (χ1v) is 4.54. The minimum absolute atomic E-state index is 0.00442. The lowest BCUT2D eigenvalue weighted by molar-refractivity contribution is 0.548. The Labute approximate surface area is 78.2 Å². The fraction of sp³-hybridized carbons (Fsp3) is 0.600. The van der Waals surface area contributed by atoms with E-state index in [9.17, 15) is 4.79 Å². The molecule has 0 saturated heterocycles. The molecule has 0 aliphatic heterocycles. The molecule has 0 radical (unpaired) electrons. The van der Waals surface area contributed by atoms with E-state index in [1.54, 1.807) is 6.07 Å². The van der Waals surface area contributed by atoms with E-state index in [-0.39, 0.29) is 11.0 Å². The fourth-order valence-corrected chi connectivity index (χ4v) is 1.36. The molecule has 1 aromatic rings. The van der Waals surface area contributed by atoms with Crippen molar-refractivity contribution in [1.29, 1.82) is 0 Å². The van der Waals surface area contributed by atoms with Crippen LogP contribution in [0.15, 0.2) is 10.9 Å². The van der Waals surface area contributed by atoms with Crippen molar-refractivity contribution < 1.29 is 0 Å². The molecule has 0 spiro atoms. The molecule has 1 aromatic heterocycles. The first-order chi connectivity index (χ1) is 5.95. The third kappa shape index (κ3) is 2.17. The maximum absolute atomic E-state index is 11.0. The molecule has 0 aliphatic carbocycles. The van der Waals surface area contributed by atoms with Crippen LogP contribution in [0.25, 0.3) is 0 Å². The number of H-pyrrole nitrogens is 1. The van der Waals surface area contributed by atoms with Crippen molar-refractivity contribution in [2.75, 3.05) is 0 Å². The van der Waals surface area contributed by atoms with Crippen molar-refractivity contribution in [2.45, 2.75) is 39.5 Å². The smallest absolute Gasteiger partial charge is 0.264 e. The third-order valence-corrected chi connectivity index (χ3v) is 1.98. The largest absolute Gasteiger partial charge is 0.268 e. The van der Waals surface area contributed by atoms with Gasteiger partial charge in [-0.15, -0.1) is 0 Å². The minimum Gasteiger partial charge on any atom is -0.268 e. The summed E-state index contributed by atoms with van der Waals surface area (Å²) >= 11 is 0. The molecule has 72 valence electrons. The maximum atomic E-state index is 11.0. The van der Waals surface area contributed by atoms with Gasteiger partial charge in [0.15, 0.2) is 0 Å². The third-order valence-electron chi connectivity index (χ3n) is 1.98. The van der Waals surface area contributed by atoms with Gasteiger partial charge in [-0.2, -0.15) is 5.10 Å². The topological polar surface area (TPSA) is 45.8 Å². The lowest BCUT2D eigenvalue weighted by atomic mass is 9.88. The number of hydrogen-bond acceptors (Lipinski definition) is 2. The molecule has 3 nitrogen and oxygen atoms in total. The summed E-state index contributed by atoms with van der Waals surface area (Å²) in [6.07, 6.45) is 0.851. The van der Waals surface area contributed by atoms with Crippen LogP contribution in [0.5, 0.6) is 0 Å². The summed E-state index contributed by atoms with van der Waals surface area (Å²) in [5.74, 6) is 0. The Balaban J connectivity index is 3.30. The van der Waals surface area contributed by atoms with Gasteiger partial charge in [-0.25, -0.2) is 5.10 Å². The standard InChI is InChI=1S/C10H16N2O/c1-5-7-6-8(13)11-12-9(7)10(2,3)4/h6H,5H2,1-4H3,(H,11,13). The van der Waals surface area contributed by atoms with E-state index in [1.807, 2.05) is 6.92 Å². The van der Waals surface area contributed by atoms with Gasteiger partial charge in [0.05, 0.1) is 5.69 Å². The second-order valence-electron chi connectivity index (χ2n) is 4.21. The fourth-order valence-electron chi connectivity index (χ4n) is 1.36. The van der Waals surface area contributed by atoms with Crippen LogP contribution in [0, 0.1) is 0 Å². The lowest BCUT2D eigenvalue weighted by Gasteiger charge is -2.19. The van der Waals surface area contributed by atoms with Crippen LogP contribution < -0.4 is 5.56 Å². The van der Waals surface area contributed by atoms with Gasteiger partial charge < -0.3 is 0 Å². The van der Waals surface area contributed by atoms with E-state index in [0.717, 1.165) is 17.7 Å². The molecule has 0 unspecified atom stereocenters. The maximum Gasteiger partial charge on any atom is 0.264 e. The molecule has 0 fully saturated rings. The Kier molecular flexibility index (Phi) is 2.55. The van der Waals surface area contributed by atoms with Crippen LogP contribution in [0.1, 0.15) is 39.0 Å². The summed E-state index contributed by atoms with van der Waals surface area (Å²) in [5, 5.41) is 6.56. The van der Waals surface area contributed by atoms with Crippen LogP contribution in [0.4, 0.5) is 0 Å². The molecule has 1 heterocycles. The van der Waals surface area contributed by atoms with E-state index in [0.29, 0.717) is 0 Å². The molecule has 0 aromatic carbocycles. The van der Waals surface area contributed by atoms with E-state index in [1.165, 1.54) is 0 Å². The van der Waals surface area contributed by atoms with Crippen LogP contribution in [0.2, 0.25) is 0 Å². The summed E-state index contributed by atoms with van der Waals surface area (Å²) in [6.45, 7) is 8.30. The highest BCUT2D eigenvalue weighted by Gasteiger charge is 2.19. The molecule has 0 saturated carbocycles. The highest BCUT2D eigenvalue weighted by molar-refractivity contribution is 5.23.